The highest BCUT2D eigenvalue weighted by Crippen LogP contribution is 2.63. The van der Waals surface area contributed by atoms with Crippen molar-refractivity contribution in [1.82, 2.24) is 0 Å². The van der Waals surface area contributed by atoms with Crippen LogP contribution in [-0.2, 0) is 0 Å². The second-order valence-corrected chi connectivity index (χ2v) is 11.4. The minimum atomic E-state index is -0.246. The molecule has 4 rings (SSSR count). The van der Waals surface area contributed by atoms with Crippen molar-refractivity contribution in [3.8, 4) is 0 Å². The molecule has 0 bridgehead atoms. The Morgan fingerprint density at radius 3 is 2.61 bits per heavy atom. The molecule has 1 fully saturated rings. The van der Waals surface area contributed by atoms with Crippen LogP contribution in [0, 0.1) is 46.3 Å². The molecule has 0 aliphatic heterocycles. The summed E-state index contributed by atoms with van der Waals surface area (Å²) in [6, 6.07) is 0. The quantitative estimate of drug-likeness (QED) is 0.511. The van der Waals surface area contributed by atoms with E-state index < -0.39 is 0 Å². The van der Waals surface area contributed by atoms with E-state index in [0.29, 0.717) is 17.3 Å². The summed E-state index contributed by atoms with van der Waals surface area (Å²) in [5, 5.41) is 10.1. The highest BCUT2D eigenvalue weighted by molar-refractivity contribution is 5.39. The minimum Gasteiger partial charge on any atom is -0.389 e. The molecule has 0 spiro atoms. The van der Waals surface area contributed by atoms with E-state index in [1.54, 1.807) is 0 Å². The Balaban J connectivity index is 1.56. The van der Waals surface area contributed by atoms with Gasteiger partial charge in [0.25, 0.3) is 0 Å². The zero-order chi connectivity index (χ0) is 20.1. The van der Waals surface area contributed by atoms with Crippen LogP contribution in [0.15, 0.2) is 36.0 Å². The molecule has 0 aromatic heterocycles. The predicted molar refractivity (Wildman–Crippen MR) is 119 cm³/mol. The number of hydrogen-bond donors (Lipinski definition) is 1. The van der Waals surface area contributed by atoms with Crippen LogP contribution in [0.5, 0.6) is 0 Å². The molecule has 0 unspecified atom stereocenters. The fourth-order valence-corrected chi connectivity index (χ4v) is 7.53. The molecule has 0 aromatic rings. The average molecular weight is 383 g/mol. The predicted octanol–water partition coefficient (Wildman–Crippen LogP) is 6.94. The first-order valence-corrected chi connectivity index (χ1v) is 12.0. The lowest BCUT2D eigenvalue weighted by atomic mass is 9.50. The number of aliphatic hydroxyl groups excluding tert-OH is 1. The maximum Gasteiger partial charge on any atom is 0.0727 e. The summed E-state index contributed by atoms with van der Waals surface area (Å²) in [5.74, 6) is 4.59. The Kier molecular flexibility index (Phi) is 5.45. The van der Waals surface area contributed by atoms with Gasteiger partial charge in [-0.25, -0.2) is 0 Å². The Hall–Kier alpha value is -0.820. The number of hydrogen-bond acceptors (Lipinski definition) is 1. The molecule has 0 radical (unpaired) electrons. The number of fused-ring (bicyclic) bond motifs is 5. The zero-order valence-corrected chi connectivity index (χ0v) is 18.8. The molecule has 156 valence electrons. The summed E-state index contributed by atoms with van der Waals surface area (Å²) in [4.78, 5) is 0. The van der Waals surface area contributed by atoms with Crippen molar-refractivity contribution in [3.05, 3.63) is 36.0 Å². The maximum absolute atomic E-state index is 10.1. The first-order chi connectivity index (χ1) is 13.3. The summed E-state index contributed by atoms with van der Waals surface area (Å²) >= 11 is 0. The van der Waals surface area contributed by atoms with Crippen LogP contribution in [0.25, 0.3) is 0 Å². The lowest BCUT2D eigenvalue weighted by Crippen LogP contribution is -2.47. The van der Waals surface area contributed by atoms with Gasteiger partial charge in [-0.3, -0.25) is 0 Å². The second-order valence-electron chi connectivity index (χ2n) is 11.4. The van der Waals surface area contributed by atoms with E-state index in [1.165, 1.54) is 37.7 Å². The van der Waals surface area contributed by atoms with Crippen molar-refractivity contribution in [2.45, 2.75) is 85.7 Å². The molecule has 1 nitrogen and oxygen atoms in total. The zero-order valence-electron chi connectivity index (χ0n) is 18.8. The Morgan fingerprint density at radius 2 is 1.86 bits per heavy atom. The Labute approximate surface area is 173 Å². The van der Waals surface area contributed by atoms with E-state index in [2.05, 4.69) is 65.0 Å². The molecule has 28 heavy (non-hydrogen) atoms. The van der Waals surface area contributed by atoms with Crippen molar-refractivity contribution >= 4 is 0 Å². The van der Waals surface area contributed by atoms with Gasteiger partial charge < -0.3 is 5.11 Å². The molecule has 8 atom stereocenters. The molecule has 1 heteroatoms. The largest absolute Gasteiger partial charge is 0.389 e. The van der Waals surface area contributed by atoms with Crippen molar-refractivity contribution in [2.75, 3.05) is 0 Å². The van der Waals surface area contributed by atoms with E-state index in [4.69, 9.17) is 0 Å². The van der Waals surface area contributed by atoms with Crippen LogP contribution in [0.3, 0.4) is 0 Å². The standard InChI is InChI=1S/C27H42O/c1-18(2)7-6-8-19(3)23-11-12-24-22-10-9-20-17-21(28)13-15-26(20,4)25(22)14-16-27(23,24)5/h9-10,14,16-19,21-25,28H,6-8,11-13,15H2,1-5H3/t19-,21+,22+,23-,24+,25+,26+,27-/m1/s1. The molecule has 1 saturated carbocycles. The van der Waals surface area contributed by atoms with Crippen LogP contribution in [0.4, 0.5) is 0 Å². The van der Waals surface area contributed by atoms with Crippen LogP contribution < -0.4 is 0 Å². The van der Waals surface area contributed by atoms with Crippen molar-refractivity contribution < 1.29 is 5.11 Å². The highest BCUT2D eigenvalue weighted by Gasteiger charge is 2.56. The highest BCUT2D eigenvalue weighted by atomic mass is 16.3. The lowest BCUT2D eigenvalue weighted by Gasteiger charge is -2.54. The van der Waals surface area contributed by atoms with Gasteiger partial charge in [-0.15, -0.1) is 0 Å². The summed E-state index contributed by atoms with van der Waals surface area (Å²) in [6.07, 6.45) is 21.0. The van der Waals surface area contributed by atoms with Crippen LogP contribution in [0.2, 0.25) is 0 Å². The van der Waals surface area contributed by atoms with Gasteiger partial charge in [0.05, 0.1) is 6.10 Å². The average Bonchev–Trinajstić information content (AvgIpc) is 2.99. The fourth-order valence-electron chi connectivity index (χ4n) is 7.53. The summed E-state index contributed by atoms with van der Waals surface area (Å²) < 4.78 is 0. The van der Waals surface area contributed by atoms with E-state index in [-0.39, 0.29) is 11.5 Å². The summed E-state index contributed by atoms with van der Waals surface area (Å²) in [5.41, 5.74) is 1.98. The van der Waals surface area contributed by atoms with Gasteiger partial charge in [-0.05, 0) is 77.6 Å². The van der Waals surface area contributed by atoms with Gasteiger partial charge in [0, 0.05) is 0 Å². The van der Waals surface area contributed by atoms with Gasteiger partial charge in [0.15, 0.2) is 0 Å². The lowest BCUT2D eigenvalue weighted by molar-refractivity contribution is 0.0589. The van der Waals surface area contributed by atoms with Crippen LogP contribution >= 0.6 is 0 Å². The third-order valence-electron chi connectivity index (χ3n) is 9.28. The van der Waals surface area contributed by atoms with Crippen molar-refractivity contribution in [1.29, 1.82) is 0 Å². The molecule has 0 heterocycles. The molecular weight excluding hydrogens is 340 g/mol. The second kappa shape index (κ2) is 7.46. The third kappa shape index (κ3) is 3.26. The first-order valence-electron chi connectivity index (χ1n) is 12.0. The molecule has 4 aliphatic carbocycles. The first kappa shape index (κ1) is 20.5. The molecule has 0 aromatic carbocycles. The smallest absolute Gasteiger partial charge is 0.0727 e. The van der Waals surface area contributed by atoms with Crippen molar-refractivity contribution in [3.63, 3.8) is 0 Å². The van der Waals surface area contributed by atoms with Gasteiger partial charge in [0.2, 0.25) is 0 Å². The Bertz CT molecular complexity index is 670. The Morgan fingerprint density at radius 1 is 1.07 bits per heavy atom. The SMILES string of the molecule is CC(C)CCC[C@@H](C)[C@H]1CC[C@H]2[C@@H]3C=CC4=C[C@@H](O)CC[C@]4(C)[C@H]3C=C[C@]12C. The number of rotatable bonds is 5. The van der Waals surface area contributed by atoms with E-state index >= 15 is 0 Å². The van der Waals surface area contributed by atoms with E-state index in [1.807, 2.05) is 0 Å². The van der Waals surface area contributed by atoms with Gasteiger partial charge in [-0.2, -0.15) is 0 Å². The summed E-state index contributed by atoms with van der Waals surface area (Å²) in [6.45, 7) is 12.3. The van der Waals surface area contributed by atoms with Crippen LogP contribution in [0.1, 0.15) is 79.6 Å². The van der Waals surface area contributed by atoms with Crippen LogP contribution in [-0.4, -0.2) is 11.2 Å². The molecule has 0 saturated heterocycles. The molecule has 4 aliphatic rings. The number of allylic oxidation sites excluding steroid dienone is 5. The van der Waals surface area contributed by atoms with Gasteiger partial charge in [0.1, 0.15) is 0 Å². The van der Waals surface area contributed by atoms with E-state index in [9.17, 15) is 5.11 Å². The fraction of sp³-hybridized carbons (Fsp3) is 0.778. The topological polar surface area (TPSA) is 20.2 Å². The molecular formula is C27H42O. The minimum absolute atomic E-state index is 0.220. The van der Waals surface area contributed by atoms with Gasteiger partial charge in [-0.1, -0.05) is 84.3 Å². The van der Waals surface area contributed by atoms with E-state index in [0.717, 1.165) is 36.5 Å². The maximum atomic E-state index is 10.1. The monoisotopic (exact) mass is 382 g/mol. The third-order valence-corrected chi connectivity index (χ3v) is 9.28. The normalized spacial score (nSPS) is 45.4. The van der Waals surface area contributed by atoms with Gasteiger partial charge >= 0.3 is 0 Å². The summed E-state index contributed by atoms with van der Waals surface area (Å²) in [7, 11) is 0. The molecule has 1 N–H and O–H groups in total. The number of aliphatic hydroxyl groups is 1. The molecule has 0 amide bonds. The van der Waals surface area contributed by atoms with Crippen molar-refractivity contribution in [2.24, 2.45) is 46.3 Å².